The third-order valence-corrected chi connectivity index (χ3v) is 2.48. The molecule has 0 radical (unpaired) electrons. The van der Waals surface area contributed by atoms with Gasteiger partial charge in [0.25, 0.3) is 7.59 Å². The Labute approximate surface area is 78.6 Å². The molecular formula is C6H17ClN3OP. The van der Waals surface area contributed by atoms with E-state index < -0.39 is 7.59 Å². The highest BCUT2D eigenvalue weighted by atomic mass is 35.5. The van der Waals surface area contributed by atoms with Crippen molar-refractivity contribution in [1.29, 1.82) is 0 Å². The van der Waals surface area contributed by atoms with Crippen LogP contribution in [0, 0.1) is 0 Å². The molecule has 0 aromatic carbocycles. The molecular weight excluding hydrogens is 197 g/mol. The Kier molecular flexibility index (Phi) is 6.14. The van der Waals surface area contributed by atoms with Crippen LogP contribution in [0.3, 0.4) is 0 Å². The smallest absolute Gasteiger partial charge is 0.271 e. The van der Waals surface area contributed by atoms with Gasteiger partial charge in [-0.3, -0.25) is 15.6 Å². The molecule has 74 valence electrons. The molecule has 0 amide bonds. The monoisotopic (exact) mass is 213 g/mol. The first-order chi connectivity index (χ1) is 5.45. The lowest BCUT2D eigenvalue weighted by atomic mass is 10.2. The summed E-state index contributed by atoms with van der Waals surface area (Å²) in [6.45, 7) is 2.50. The summed E-state index contributed by atoms with van der Waals surface area (Å²) in [5.41, 5.74) is 10.2. The van der Waals surface area contributed by atoms with Crippen molar-refractivity contribution in [3.8, 4) is 0 Å². The molecule has 0 saturated heterocycles. The van der Waals surface area contributed by atoms with E-state index in [0.717, 1.165) is 19.3 Å². The number of hydrogen-bond acceptors (Lipinski definition) is 1. The summed E-state index contributed by atoms with van der Waals surface area (Å²) < 4.78 is 10.8. The fraction of sp³-hybridized carbons (Fsp3) is 1.00. The molecule has 6 heteroatoms. The average molecular weight is 214 g/mol. The van der Waals surface area contributed by atoms with Crippen LogP contribution in [0.25, 0.3) is 0 Å². The predicted molar refractivity (Wildman–Crippen MR) is 53.2 cm³/mol. The second-order valence-electron chi connectivity index (χ2n) is 2.81. The number of nitrogens with two attached hydrogens (primary N) is 2. The van der Waals surface area contributed by atoms with E-state index in [1.165, 1.54) is 0 Å². The summed E-state index contributed by atoms with van der Waals surface area (Å²) in [7, 11) is -3.09. The minimum Gasteiger partial charge on any atom is -0.271 e. The van der Waals surface area contributed by atoms with Gasteiger partial charge in [-0.05, 0) is 6.42 Å². The molecule has 0 rings (SSSR count). The molecule has 5 N–H and O–H groups in total. The van der Waals surface area contributed by atoms with Gasteiger partial charge >= 0.3 is 0 Å². The van der Waals surface area contributed by atoms with E-state index >= 15 is 0 Å². The van der Waals surface area contributed by atoms with Gasteiger partial charge in [0.2, 0.25) is 0 Å². The summed E-state index contributed by atoms with van der Waals surface area (Å²) in [4.78, 5) is 0. The summed E-state index contributed by atoms with van der Waals surface area (Å²) in [6.07, 6.45) is 3.06. The van der Waals surface area contributed by atoms with Crippen LogP contribution < -0.4 is 16.1 Å². The van der Waals surface area contributed by atoms with Gasteiger partial charge in [-0.2, -0.15) is 0 Å². The average Bonchev–Trinajstić information content (AvgIpc) is 1.95. The Bertz CT molecular complexity index is 161. The zero-order chi connectivity index (χ0) is 9.61. The molecule has 0 saturated carbocycles. The fourth-order valence-corrected chi connectivity index (χ4v) is 1.61. The fourth-order valence-electron chi connectivity index (χ4n) is 0.769. The lowest BCUT2D eigenvalue weighted by molar-refractivity contribution is 0.562. The highest BCUT2D eigenvalue weighted by molar-refractivity contribution is 7.56. The van der Waals surface area contributed by atoms with Crippen LogP contribution >= 0.6 is 19.2 Å². The molecule has 0 spiro atoms. The van der Waals surface area contributed by atoms with Gasteiger partial charge in [0.15, 0.2) is 0 Å². The molecule has 0 aliphatic heterocycles. The van der Waals surface area contributed by atoms with E-state index in [-0.39, 0.29) is 5.38 Å². The standard InChI is InChI=1S/C6H17ClN3OP/c1-2-3-4-6(7)5-10-12(8,9)11/h6H,2-5H2,1H3,(H5,8,9,10,11). The molecule has 12 heavy (non-hydrogen) atoms. The molecule has 1 atom stereocenters. The minimum absolute atomic E-state index is 0.0367. The van der Waals surface area contributed by atoms with Crippen molar-refractivity contribution in [2.75, 3.05) is 6.54 Å². The second-order valence-corrected chi connectivity index (χ2v) is 5.16. The highest BCUT2D eigenvalue weighted by Crippen LogP contribution is 2.18. The Hall–Kier alpha value is 0.400. The number of unbranched alkanes of at least 4 members (excludes halogenated alkanes) is 1. The first-order valence-corrected chi connectivity index (χ1v) is 6.30. The molecule has 1 unspecified atom stereocenters. The highest BCUT2D eigenvalue weighted by Gasteiger charge is 2.10. The van der Waals surface area contributed by atoms with Crippen LogP contribution in [0.4, 0.5) is 0 Å². The number of hydrogen-bond donors (Lipinski definition) is 3. The Morgan fingerprint density at radius 3 is 2.58 bits per heavy atom. The number of rotatable bonds is 6. The zero-order valence-electron chi connectivity index (χ0n) is 7.29. The van der Waals surface area contributed by atoms with Gasteiger partial charge in [-0.15, -0.1) is 11.6 Å². The molecule has 0 heterocycles. The van der Waals surface area contributed by atoms with Crippen LogP contribution in [0.5, 0.6) is 0 Å². The first-order valence-electron chi connectivity index (χ1n) is 4.02. The van der Waals surface area contributed by atoms with E-state index in [1.54, 1.807) is 0 Å². The van der Waals surface area contributed by atoms with Crippen molar-refractivity contribution in [2.45, 2.75) is 31.6 Å². The number of halogens is 1. The molecule has 0 aromatic heterocycles. The summed E-state index contributed by atoms with van der Waals surface area (Å²) in [6, 6.07) is 0. The van der Waals surface area contributed by atoms with Gasteiger partial charge in [0.1, 0.15) is 0 Å². The van der Waals surface area contributed by atoms with Crippen LogP contribution in [-0.2, 0) is 4.57 Å². The Morgan fingerprint density at radius 1 is 1.58 bits per heavy atom. The van der Waals surface area contributed by atoms with Crippen LogP contribution in [-0.4, -0.2) is 11.9 Å². The van der Waals surface area contributed by atoms with Crippen LogP contribution in [0.2, 0.25) is 0 Å². The lowest BCUT2D eigenvalue weighted by Gasteiger charge is -2.12. The molecule has 0 fully saturated rings. The van der Waals surface area contributed by atoms with Gasteiger partial charge in [-0.1, -0.05) is 19.8 Å². The first kappa shape index (κ1) is 12.4. The van der Waals surface area contributed by atoms with Crippen molar-refractivity contribution in [2.24, 2.45) is 11.0 Å². The normalized spacial score (nSPS) is 14.7. The summed E-state index contributed by atoms with van der Waals surface area (Å²) in [5, 5.41) is 2.47. The molecule has 0 aromatic rings. The van der Waals surface area contributed by atoms with Crippen molar-refractivity contribution in [3.63, 3.8) is 0 Å². The third kappa shape index (κ3) is 8.50. The van der Waals surface area contributed by atoms with Crippen LogP contribution in [0.1, 0.15) is 26.2 Å². The van der Waals surface area contributed by atoms with Crippen molar-refractivity contribution < 1.29 is 4.57 Å². The van der Waals surface area contributed by atoms with E-state index in [4.69, 9.17) is 22.6 Å². The number of nitrogens with one attached hydrogen (secondary N) is 1. The van der Waals surface area contributed by atoms with Gasteiger partial charge in [-0.25, -0.2) is 5.09 Å². The molecule has 0 bridgehead atoms. The molecule has 4 nitrogen and oxygen atoms in total. The second kappa shape index (κ2) is 5.95. The number of alkyl halides is 1. The Balaban J connectivity index is 3.44. The van der Waals surface area contributed by atoms with Crippen LogP contribution in [0.15, 0.2) is 0 Å². The Morgan fingerprint density at radius 2 is 2.17 bits per heavy atom. The summed E-state index contributed by atoms with van der Waals surface area (Å²) >= 11 is 5.87. The predicted octanol–water partition coefficient (Wildman–Crippen LogP) is 1.40. The largest absolute Gasteiger partial charge is 0.273 e. The maximum absolute atomic E-state index is 10.8. The minimum atomic E-state index is -3.09. The van der Waals surface area contributed by atoms with Gasteiger partial charge < -0.3 is 0 Å². The van der Waals surface area contributed by atoms with E-state index in [9.17, 15) is 4.57 Å². The van der Waals surface area contributed by atoms with E-state index in [2.05, 4.69) is 12.0 Å². The van der Waals surface area contributed by atoms with E-state index in [1.807, 2.05) is 0 Å². The van der Waals surface area contributed by atoms with Crippen molar-refractivity contribution >= 4 is 19.2 Å². The summed E-state index contributed by atoms with van der Waals surface area (Å²) in [5.74, 6) is 0. The lowest BCUT2D eigenvalue weighted by Crippen LogP contribution is -2.27. The zero-order valence-corrected chi connectivity index (χ0v) is 8.94. The van der Waals surface area contributed by atoms with Crippen molar-refractivity contribution in [1.82, 2.24) is 5.09 Å². The van der Waals surface area contributed by atoms with E-state index in [0.29, 0.717) is 6.54 Å². The van der Waals surface area contributed by atoms with Gasteiger partial charge in [0.05, 0.1) is 0 Å². The molecule has 0 aliphatic carbocycles. The quantitative estimate of drug-likeness (QED) is 0.460. The topological polar surface area (TPSA) is 81.1 Å². The maximum Gasteiger partial charge on any atom is 0.273 e. The SMILES string of the molecule is CCCCC(Cl)CNP(N)(N)=O. The maximum atomic E-state index is 10.8. The molecule has 0 aliphatic rings. The van der Waals surface area contributed by atoms with Gasteiger partial charge in [0, 0.05) is 11.9 Å². The third-order valence-electron chi connectivity index (χ3n) is 1.43. The van der Waals surface area contributed by atoms with Crippen molar-refractivity contribution in [3.05, 3.63) is 0 Å².